The second kappa shape index (κ2) is 5.47. The monoisotopic (exact) mass is 240 g/mol. The highest BCUT2D eigenvalue weighted by atomic mass is 16.5. The highest BCUT2D eigenvalue weighted by Crippen LogP contribution is 1.93. The van der Waals surface area contributed by atoms with Crippen LogP contribution < -0.4 is 11.2 Å². The van der Waals surface area contributed by atoms with Crippen LogP contribution in [0.15, 0.2) is 15.8 Å². The van der Waals surface area contributed by atoms with Crippen molar-refractivity contribution >= 4 is 5.97 Å². The summed E-state index contributed by atoms with van der Waals surface area (Å²) < 4.78 is 6.07. The molecule has 0 saturated carbocycles. The smallest absolute Gasteiger partial charge is 0.328 e. The number of carbonyl (C=O) groups excluding carboxylic acids is 1. The van der Waals surface area contributed by atoms with Gasteiger partial charge in [-0.3, -0.25) is 19.1 Å². The molecule has 1 aromatic rings. The Kier molecular flexibility index (Phi) is 4.25. The molecule has 6 heteroatoms. The van der Waals surface area contributed by atoms with Gasteiger partial charge < -0.3 is 4.74 Å². The van der Waals surface area contributed by atoms with Crippen molar-refractivity contribution in [2.75, 3.05) is 0 Å². The van der Waals surface area contributed by atoms with E-state index in [1.807, 2.05) is 0 Å². The highest BCUT2D eigenvalue weighted by Gasteiger charge is 2.09. The number of carbonyl (C=O) groups is 1. The van der Waals surface area contributed by atoms with Crippen LogP contribution in [0.1, 0.15) is 26.3 Å². The molecule has 0 radical (unpaired) electrons. The summed E-state index contributed by atoms with van der Waals surface area (Å²) in [6.45, 7) is 5.06. The maximum atomic E-state index is 11.4. The van der Waals surface area contributed by atoms with Gasteiger partial charge in [0.15, 0.2) is 0 Å². The topological polar surface area (TPSA) is 81.2 Å². The number of nitrogens with zero attached hydrogens (tertiary/aromatic N) is 1. The van der Waals surface area contributed by atoms with E-state index in [0.717, 1.165) is 4.57 Å². The summed E-state index contributed by atoms with van der Waals surface area (Å²) >= 11 is 0. The third-order valence-corrected chi connectivity index (χ3v) is 2.13. The van der Waals surface area contributed by atoms with Crippen molar-refractivity contribution < 1.29 is 9.53 Å². The molecule has 0 amide bonds. The van der Waals surface area contributed by atoms with E-state index in [-0.39, 0.29) is 12.6 Å². The van der Waals surface area contributed by atoms with Crippen LogP contribution in [-0.2, 0) is 22.5 Å². The Morgan fingerprint density at radius 2 is 2.12 bits per heavy atom. The molecule has 0 aliphatic carbocycles. The predicted octanol–water partition coefficient (Wildman–Crippen LogP) is 0.0506. The van der Waals surface area contributed by atoms with Crippen LogP contribution in [-0.4, -0.2) is 21.6 Å². The minimum atomic E-state index is -0.604. The van der Waals surface area contributed by atoms with Gasteiger partial charge in [-0.25, -0.2) is 4.79 Å². The summed E-state index contributed by atoms with van der Waals surface area (Å²) in [5.74, 6) is -0.504. The molecule has 1 aromatic heterocycles. The lowest BCUT2D eigenvalue weighted by Gasteiger charge is -2.09. The van der Waals surface area contributed by atoms with Crippen molar-refractivity contribution in [3.05, 3.63) is 32.6 Å². The number of ether oxygens (including phenoxy) is 1. The first kappa shape index (κ1) is 13.2. The third-order valence-electron chi connectivity index (χ3n) is 2.13. The zero-order chi connectivity index (χ0) is 13.0. The molecule has 0 aromatic carbocycles. The zero-order valence-corrected chi connectivity index (χ0v) is 10.1. The average molecular weight is 240 g/mol. The molecule has 1 heterocycles. The molecular weight excluding hydrogens is 224 g/mol. The molecule has 0 aliphatic rings. The van der Waals surface area contributed by atoms with Crippen LogP contribution in [0.5, 0.6) is 0 Å². The van der Waals surface area contributed by atoms with Crippen LogP contribution >= 0.6 is 0 Å². The first-order valence-corrected chi connectivity index (χ1v) is 5.46. The van der Waals surface area contributed by atoms with Gasteiger partial charge >= 0.3 is 11.7 Å². The Hall–Kier alpha value is -1.85. The molecule has 0 unspecified atom stereocenters. The predicted molar refractivity (Wildman–Crippen MR) is 61.9 cm³/mol. The van der Waals surface area contributed by atoms with E-state index in [4.69, 9.17) is 4.74 Å². The summed E-state index contributed by atoms with van der Waals surface area (Å²) in [5, 5.41) is 0. The third kappa shape index (κ3) is 3.58. The van der Waals surface area contributed by atoms with E-state index in [0.29, 0.717) is 12.0 Å². The molecule has 0 fully saturated rings. The number of aromatic nitrogens is 2. The van der Waals surface area contributed by atoms with Gasteiger partial charge in [0.2, 0.25) is 0 Å². The molecule has 0 spiro atoms. The SMILES string of the molecule is CCc1cn(CC(=O)OC(C)C)c(=O)[nH]c1=O. The number of rotatable bonds is 4. The van der Waals surface area contributed by atoms with Crippen molar-refractivity contribution in [3.8, 4) is 0 Å². The minimum Gasteiger partial charge on any atom is -0.462 e. The number of esters is 1. The van der Waals surface area contributed by atoms with Crippen molar-refractivity contribution in [1.82, 2.24) is 9.55 Å². The van der Waals surface area contributed by atoms with Gasteiger partial charge in [0, 0.05) is 11.8 Å². The molecule has 17 heavy (non-hydrogen) atoms. The second-order valence-electron chi connectivity index (χ2n) is 3.93. The standard InChI is InChI=1S/C11H16N2O4/c1-4-8-5-13(11(16)12-10(8)15)6-9(14)17-7(2)3/h5,7H,4,6H2,1-3H3,(H,12,15,16). The van der Waals surface area contributed by atoms with Gasteiger partial charge in [0.05, 0.1) is 6.10 Å². The Morgan fingerprint density at radius 3 is 2.65 bits per heavy atom. The van der Waals surface area contributed by atoms with Crippen molar-refractivity contribution in [1.29, 1.82) is 0 Å². The average Bonchev–Trinajstić information content (AvgIpc) is 2.20. The van der Waals surface area contributed by atoms with Crippen LogP contribution in [0.2, 0.25) is 0 Å². The molecule has 6 nitrogen and oxygen atoms in total. The van der Waals surface area contributed by atoms with E-state index < -0.39 is 17.2 Å². The molecule has 0 bridgehead atoms. The van der Waals surface area contributed by atoms with E-state index in [9.17, 15) is 14.4 Å². The fourth-order valence-electron chi connectivity index (χ4n) is 1.36. The van der Waals surface area contributed by atoms with Crippen LogP contribution in [0.25, 0.3) is 0 Å². The van der Waals surface area contributed by atoms with Gasteiger partial charge in [0.1, 0.15) is 6.54 Å². The maximum Gasteiger partial charge on any atom is 0.328 e. The number of aromatic amines is 1. The number of aryl methyl sites for hydroxylation is 1. The lowest BCUT2D eigenvalue weighted by molar-refractivity contribution is -0.148. The Morgan fingerprint density at radius 1 is 1.47 bits per heavy atom. The van der Waals surface area contributed by atoms with Crippen LogP contribution in [0.3, 0.4) is 0 Å². The minimum absolute atomic E-state index is 0.194. The second-order valence-corrected chi connectivity index (χ2v) is 3.93. The lowest BCUT2D eigenvalue weighted by Crippen LogP contribution is -2.34. The summed E-state index contributed by atoms with van der Waals surface area (Å²) in [6, 6.07) is 0. The van der Waals surface area contributed by atoms with Crippen molar-refractivity contribution in [3.63, 3.8) is 0 Å². The maximum absolute atomic E-state index is 11.4. The molecule has 1 N–H and O–H groups in total. The fraction of sp³-hybridized carbons (Fsp3) is 0.545. The Balaban J connectivity index is 2.95. The van der Waals surface area contributed by atoms with E-state index in [2.05, 4.69) is 4.98 Å². The lowest BCUT2D eigenvalue weighted by atomic mass is 10.3. The first-order chi connectivity index (χ1) is 7.93. The molecule has 0 aliphatic heterocycles. The van der Waals surface area contributed by atoms with E-state index in [1.54, 1.807) is 20.8 Å². The molecule has 0 atom stereocenters. The number of H-pyrrole nitrogens is 1. The van der Waals surface area contributed by atoms with Gasteiger partial charge in [-0.05, 0) is 20.3 Å². The summed E-state index contributed by atoms with van der Waals surface area (Å²) in [6.07, 6.45) is 1.66. The summed E-state index contributed by atoms with van der Waals surface area (Å²) in [7, 11) is 0. The normalized spacial score (nSPS) is 10.6. The molecular formula is C11H16N2O4. The highest BCUT2D eigenvalue weighted by molar-refractivity contribution is 5.69. The van der Waals surface area contributed by atoms with Gasteiger partial charge in [-0.2, -0.15) is 0 Å². The molecule has 94 valence electrons. The van der Waals surface area contributed by atoms with Gasteiger partial charge in [0.25, 0.3) is 5.56 Å². The number of nitrogens with one attached hydrogen (secondary N) is 1. The van der Waals surface area contributed by atoms with Gasteiger partial charge in [-0.1, -0.05) is 6.92 Å². The van der Waals surface area contributed by atoms with E-state index in [1.165, 1.54) is 6.20 Å². The number of hydrogen-bond donors (Lipinski definition) is 1. The fourth-order valence-corrected chi connectivity index (χ4v) is 1.36. The Bertz CT molecular complexity index is 513. The van der Waals surface area contributed by atoms with Gasteiger partial charge in [-0.15, -0.1) is 0 Å². The van der Waals surface area contributed by atoms with Crippen molar-refractivity contribution in [2.24, 2.45) is 0 Å². The quantitative estimate of drug-likeness (QED) is 0.754. The molecule has 1 rings (SSSR count). The zero-order valence-electron chi connectivity index (χ0n) is 10.1. The summed E-state index contributed by atoms with van der Waals surface area (Å²) in [5.41, 5.74) is -0.555. The van der Waals surface area contributed by atoms with Crippen LogP contribution in [0.4, 0.5) is 0 Å². The van der Waals surface area contributed by atoms with Crippen molar-refractivity contribution in [2.45, 2.75) is 39.8 Å². The largest absolute Gasteiger partial charge is 0.462 e. The first-order valence-electron chi connectivity index (χ1n) is 5.46. The number of hydrogen-bond acceptors (Lipinski definition) is 4. The van der Waals surface area contributed by atoms with Crippen LogP contribution in [0, 0.1) is 0 Å². The molecule has 0 saturated heterocycles. The Labute approximate surface area is 98.2 Å². The summed E-state index contributed by atoms with van der Waals surface area (Å²) in [4.78, 5) is 36.3. The van der Waals surface area contributed by atoms with E-state index >= 15 is 0 Å².